The predicted molar refractivity (Wildman–Crippen MR) is 102 cm³/mol. The van der Waals surface area contributed by atoms with Crippen LogP contribution in [0.25, 0.3) is 20.2 Å². The van der Waals surface area contributed by atoms with E-state index in [9.17, 15) is 0 Å². The van der Waals surface area contributed by atoms with Crippen LogP contribution < -0.4 is 11.6 Å². The molecule has 0 aliphatic rings. The van der Waals surface area contributed by atoms with Crippen LogP contribution in [-0.2, 0) is 6.54 Å². The SMILES string of the molecule is N[C@H](c1cccc2c1sc1ccccc12)N(N)Cc1ccccc1. The molecule has 1 aromatic heterocycles. The van der Waals surface area contributed by atoms with E-state index in [-0.39, 0.29) is 6.17 Å². The lowest BCUT2D eigenvalue weighted by Gasteiger charge is -2.24. The zero-order chi connectivity index (χ0) is 16.5. The van der Waals surface area contributed by atoms with Gasteiger partial charge in [-0.15, -0.1) is 11.3 Å². The summed E-state index contributed by atoms with van der Waals surface area (Å²) in [5, 5.41) is 4.23. The minimum atomic E-state index is -0.345. The summed E-state index contributed by atoms with van der Waals surface area (Å²) in [6.45, 7) is 0.614. The second-order valence-electron chi connectivity index (χ2n) is 5.92. The molecule has 4 heteroatoms. The molecule has 0 amide bonds. The van der Waals surface area contributed by atoms with Crippen molar-refractivity contribution in [2.75, 3.05) is 0 Å². The molecule has 0 radical (unpaired) electrons. The Bertz CT molecular complexity index is 978. The molecule has 4 aromatic rings. The van der Waals surface area contributed by atoms with E-state index in [4.69, 9.17) is 11.6 Å². The van der Waals surface area contributed by atoms with Crippen LogP contribution in [0, 0.1) is 0 Å². The number of hydrogen-bond donors (Lipinski definition) is 2. The molecule has 24 heavy (non-hydrogen) atoms. The van der Waals surface area contributed by atoms with E-state index in [1.54, 1.807) is 16.3 Å². The number of rotatable bonds is 4. The van der Waals surface area contributed by atoms with Crippen molar-refractivity contribution in [2.24, 2.45) is 11.6 Å². The molecule has 0 aliphatic carbocycles. The van der Waals surface area contributed by atoms with E-state index in [2.05, 4.69) is 54.6 Å². The fourth-order valence-electron chi connectivity index (χ4n) is 3.07. The van der Waals surface area contributed by atoms with Crippen LogP contribution in [0.5, 0.6) is 0 Å². The van der Waals surface area contributed by atoms with Gasteiger partial charge in [0.25, 0.3) is 0 Å². The third-order valence-corrected chi connectivity index (χ3v) is 5.55. The zero-order valence-electron chi connectivity index (χ0n) is 13.2. The van der Waals surface area contributed by atoms with Gasteiger partial charge in [-0.05, 0) is 11.6 Å². The average molecular weight is 333 g/mol. The Morgan fingerprint density at radius 1 is 0.833 bits per heavy atom. The van der Waals surface area contributed by atoms with Crippen LogP contribution >= 0.6 is 11.3 Å². The van der Waals surface area contributed by atoms with E-state index in [1.807, 2.05) is 18.2 Å². The number of hydrogen-bond acceptors (Lipinski definition) is 4. The lowest BCUT2D eigenvalue weighted by atomic mass is 10.1. The maximum absolute atomic E-state index is 6.48. The highest BCUT2D eigenvalue weighted by molar-refractivity contribution is 7.26. The van der Waals surface area contributed by atoms with Crippen molar-refractivity contribution in [3.05, 3.63) is 83.9 Å². The normalized spacial score (nSPS) is 13.0. The second-order valence-corrected chi connectivity index (χ2v) is 6.98. The highest BCUT2D eigenvalue weighted by Crippen LogP contribution is 2.37. The van der Waals surface area contributed by atoms with Crippen molar-refractivity contribution in [2.45, 2.75) is 12.7 Å². The lowest BCUT2D eigenvalue weighted by molar-refractivity contribution is 0.198. The van der Waals surface area contributed by atoms with Gasteiger partial charge in [-0.2, -0.15) is 0 Å². The molecule has 120 valence electrons. The van der Waals surface area contributed by atoms with Gasteiger partial charge in [0.05, 0.1) is 6.17 Å². The number of fused-ring (bicyclic) bond motifs is 3. The molecule has 0 unspecified atom stereocenters. The van der Waals surface area contributed by atoms with Crippen LogP contribution in [0.4, 0.5) is 0 Å². The number of nitrogens with two attached hydrogens (primary N) is 2. The van der Waals surface area contributed by atoms with Gasteiger partial charge in [0.15, 0.2) is 0 Å². The minimum Gasteiger partial charge on any atom is -0.311 e. The zero-order valence-corrected chi connectivity index (χ0v) is 14.0. The van der Waals surface area contributed by atoms with Crippen LogP contribution in [-0.4, -0.2) is 5.01 Å². The summed E-state index contributed by atoms with van der Waals surface area (Å²) in [5.41, 5.74) is 8.71. The average Bonchev–Trinajstić information content (AvgIpc) is 3.00. The summed E-state index contributed by atoms with van der Waals surface area (Å²) in [7, 11) is 0. The predicted octanol–water partition coefficient (Wildman–Crippen LogP) is 4.39. The molecule has 4 rings (SSSR count). The lowest BCUT2D eigenvalue weighted by Crippen LogP contribution is -2.39. The van der Waals surface area contributed by atoms with Crippen molar-refractivity contribution in [1.82, 2.24) is 5.01 Å². The van der Waals surface area contributed by atoms with Crippen LogP contribution in [0.1, 0.15) is 17.3 Å². The van der Waals surface area contributed by atoms with Gasteiger partial charge in [-0.25, -0.2) is 5.01 Å². The number of benzene rings is 3. The summed E-state index contributed by atoms with van der Waals surface area (Å²) in [6.07, 6.45) is -0.345. The van der Waals surface area contributed by atoms with Crippen molar-refractivity contribution in [3.63, 3.8) is 0 Å². The third kappa shape index (κ3) is 2.70. The Labute approximate surface area is 145 Å². The molecule has 0 spiro atoms. The molecule has 0 saturated carbocycles. The molecular formula is C20H19N3S. The quantitative estimate of drug-likeness (QED) is 0.331. The van der Waals surface area contributed by atoms with Gasteiger partial charge in [-0.3, -0.25) is 5.84 Å². The van der Waals surface area contributed by atoms with Crippen LogP contribution in [0.2, 0.25) is 0 Å². The van der Waals surface area contributed by atoms with Crippen molar-refractivity contribution in [3.8, 4) is 0 Å². The molecule has 4 N–H and O–H groups in total. The van der Waals surface area contributed by atoms with E-state index in [0.29, 0.717) is 6.54 Å². The van der Waals surface area contributed by atoms with Gasteiger partial charge < -0.3 is 5.73 Å². The first-order chi connectivity index (χ1) is 11.7. The van der Waals surface area contributed by atoms with E-state index >= 15 is 0 Å². The number of hydrazine groups is 1. The van der Waals surface area contributed by atoms with E-state index < -0.39 is 0 Å². The van der Waals surface area contributed by atoms with Crippen molar-refractivity contribution >= 4 is 31.5 Å². The monoisotopic (exact) mass is 333 g/mol. The summed E-state index contributed by atoms with van der Waals surface area (Å²) in [4.78, 5) is 0. The molecule has 0 aliphatic heterocycles. The fourth-order valence-corrected chi connectivity index (χ4v) is 4.32. The van der Waals surface area contributed by atoms with E-state index in [0.717, 1.165) is 11.1 Å². The third-order valence-electron chi connectivity index (χ3n) is 4.32. The Balaban J connectivity index is 1.72. The highest BCUT2D eigenvalue weighted by atomic mass is 32.1. The first-order valence-corrected chi connectivity index (χ1v) is 8.76. The van der Waals surface area contributed by atoms with Gasteiger partial charge in [-0.1, -0.05) is 66.7 Å². The molecule has 1 atom stereocenters. The summed E-state index contributed by atoms with van der Waals surface area (Å²) in [5.74, 6) is 6.28. The van der Waals surface area contributed by atoms with Crippen LogP contribution in [0.3, 0.4) is 0 Å². The Morgan fingerprint density at radius 2 is 1.54 bits per heavy atom. The molecule has 0 fully saturated rings. The van der Waals surface area contributed by atoms with Crippen LogP contribution in [0.15, 0.2) is 72.8 Å². The van der Waals surface area contributed by atoms with E-state index in [1.165, 1.54) is 20.2 Å². The molecule has 3 aromatic carbocycles. The maximum atomic E-state index is 6.48. The summed E-state index contributed by atoms with van der Waals surface area (Å²) < 4.78 is 2.49. The standard InChI is InChI=1S/C20H19N3S/c21-20(23(22)13-14-7-2-1-3-8-14)17-11-6-10-16-15-9-4-5-12-18(15)24-19(16)17/h1-12,20H,13,21-22H2/t20-/m0/s1. The highest BCUT2D eigenvalue weighted by Gasteiger charge is 2.18. The fraction of sp³-hybridized carbons (Fsp3) is 0.100. The van der Waals surface area contributed by atoms with Gasteiger partial charge in [0.1, 0.15) is 0 Å². The minimum absolute atomic E-state index is 0.345. The molecule has 0 bridgehead atoms. The van der Waals surface area contributed by atoms with Gasteiger partial charge >= 0.3 is 0 Å². The van der Waals surface area contributed by atoms with Crippen molar-refractivity contribution in [1.29, 1.82) is 0 Å². The molecular weight excluding hydrogens is 314 g/mol. The Hall–Kier alpha value is -2.24. The number of thiophene rings is 1. The summed E-state index contributed by atoms with van der Waals surface area (Å²) >= 11 is 1.78. The molecule has 1 heterocycles. The first-order valence-electron chi connectivity index (χ1n) is 7.95. The second kappa shape index (κ2) is 6.34. The Kier molecular flexibility index (Phi) is 4.04. The summed E-state index contributed by atoms with van der Waals surface area (Å²) in [6, 6.07) is 24.9. The Morgan fingerprint density at radius 3 is 2.38 bits per heavy atom. The molecule has 3 nitrogen and oxygen atoms in total. The van der Waals surface area contributed by atoms with Gasteiger partial charge in [0.2, 0.25) is 0 Å². The van der Waals surface area contributed by atoms with Crippen molar-refractivity contribution < 1.29 is 0 Å². The number of nitrogens with zero attached hydrogens (tertiary/aromatic N) is 1. The first kappa shape index (κ1) is 15.3. The smallest absolute Gasteiger partial charge is 0.0982 e. The largest absolute Gasteiger partial charge is 0.311 e. The maximum Gasteiger partial charge on any atom is 0.0982 e. The topological polar surface area (TPSA) is 55.3 Å². The van der Waals surface area contributed by atoms with Gasteiger partial charge in [0, 0.05) is 32.3 Å². The molecule has 0 saturated heterocycles.